The highest BCUT2D eigenvalue weighted by Crippen LogP contribution is 2.23. The summed E-state index contributed by atoms with van der Waals surface area (Å²) < 4.78 is 5.08. The van der Waals surface area contributed by atoms with Crippen molar-refractivity contribution in [2.75, 3.05) is 7.11 Å². The van der Waals surface area contributed by atoms with E-state index in [-0.39, 0.29) is 11.2 Å². The van der Waals surface area contributed by atoms with Gasteiger partial charge >= 0.3 is 0 Å². The molecule has 0 aliphatic rings. The van der Waals surface area contributed by atoms with E-state index in [0.29, 0.717) is 6.61 Å². The second kappa shape index (κ2) is 4.58. The van der Waals surface area contributed by atoms with Gasteiger partial charge in [0.2, 0.25) is 0 Å². The highest BCUT2D eigenvalue weighted by Gasteiger charge is 2.24. The molecule has 2 heteroatoms. The molecule has 0 aliphatic carbocycles. The van der Waals surface area contributed by atoms with Crippen molar-refractivity contribution in [3.63, 3.8) is 0 Å². The maximum Gasteiger partial charge on any atom is 0.168 e. The second-order valence-electron chi connectivity index (χ2n) is 4.67. The minimum Gasteiger partial charge on any atom is -0.380 e. The van der Waals surface area contributed by atoms with E-state index in [1.54, 1.807) is 7.11 Å². The molecule has 0 saturated carbocycles. The van der Waals surface area contributed by atoms with Crippen molar-refractivity contribution in [2.45, 2.75) is 27.4 Å². The summed E-state index contributed by atoms with van der Waals surface area (Å²) in [5.74, 6) is 0.162. The zero-order valence-corrected chi connectivity index (χ0v) is 9.83. The minimum absolute atomic E-state index is 0.162. The highest BCUT2D eigenvalue weighted by atomic mass is 16.5. The summed E-state index contributed by atoms with van der Waals surface area (Å²) in [7, 11) is 1.64. The summed E-state index contributed by atoms with van der Waals surface area (Å²) in [6.07, 6.45) is 0. The van der Waals surface area contributed by atoms with Gasteiger partial charge in [-0.05, 0) is 5.56 Å². The maximum absolute atomic E-state index is 12.1. The number of ether oxygens (including phenoxy) is 1. The Balaban J connectivity index is 3.08. The molecule has 2 nitrogen and oxygen atoms in total. The van der Waals surface area contributed by atoms with Crippen LogP contribution in [0, 0.1) is 5.41 Å². The predicted octanol–water partition coefficient (Wildman–Crippen LogP) is 3.06. The third-order valence-electron chi connectivity index (χ3n) is 2.24. The van der Waals surface area contributed by atoms with Crippen LogP contribution >= 0.6 is 0 Å². The molecule has 0 spiro atoms. The van der Waals surface area contributed by atoms with Crippen LogP contribution in [0.25, 0.3) is 0 Å². The number of rotatable bonds is 3. The standard InChI is InChI=1S/C13H18O2/c1-13(2,3)12(14)11-8-6-5-7-10(11)9-15-4/h5-8H,9H2,1-4H3. The van der Waals surface area contributed by atoms with Crippen LogP contribution in [-0.4, -0.2) is 12.9 Å². The molecule has 0 heterocycles. The highest BCUT2D eigenvalue weighted by molar-refractivity contribution is 6.00. The summed E-state index contributed by atoms with van der Waals surface area (Å²) >= 11 is 0. The van der Waals surface area contributed by atoms with Gasteiger partial charge in [0.15, 0.2) is 5.78 Å². The van der Waals surface area contributed by atoms with Gasteiger partial charge in [0.1, 0.15) is 0 Å². The summed E-state index contributed by atoms with van der Waals surface area (Å²) in [6.45, 7) is 6.27. The fourth-order valence-corrected chi connectivity index (χ4v) is 1.43. The van der Waals surface area contributed by atoms with E-state index in [0.717, 1.165) is 11.1 Å². The molecule has 0 aliphatic heterocycles. The van der Waals surface area contributed by atoms with Crippen LogP contribution < -0.4 is 0 Å². The van der Waals surface area contributed by atoms with Gasteiger partial charge in [0.25, 0.3) is 0 Å². The second-order valence-corrected chi connectivity index (χ2v) is 4.67. The summed E-state index contributed by atoms with van der Waals surface area (Å²) in [5.41, 5.74) is 1.39. The van der Waals surface area contributed by atoms with Gasteiger partial charge in [-0.2, -0.15) is 0 Å². The van der Waals surface area contributed by atoms with Gasteiger partial charge in [-0.1, -0.05) is 45.0 Å². The predicted molar refractivity (Wildman–Crippen MR) is 60.9 cm³/mol. The number of carbonyl (C=O) groups is 1. The first-order valence-corrected chi connectivity index (χ1v) is 5.08. The minimum atomic E-state index is -0.343. The molecular weight excluding hydrogens is 188 g/mol. The number of methoxy groups -OCH3 is 1. The fraction of sp³-hybridized carbons (Fsp3) is 0.462. The van der Waals surface area contributed by atoms with E-state index < -0.39 is 0 Å². The topological polar surface area (TPSA) is 26.3 Å². The van der Waals surface area contributed by atoms with Crippen LogP contribution in [0.15, 0.2) is 24.3 Å². The Kier molecular flexibility index (Phi) is 3.64. The first-order valence-electron chi connectivity index (χ1n) is 5.08. The molecular formula is C13H18O2. The van der Waals surface area contributed by atoms with Crippen LogP contribution in [0.3, 0.4) is 0 Å². The number of hydrogen-bond acceptors (Lipinski definition) is 2. The molecule has 0 amide bonds. The fourth-order valence-electron chi connectivity index (χ4n) is 1.43. The zero-order chi connectivity index (χ0) is 11.5. The monoisotopic (exact) mass is 206 g/mol. The van der Waals surface area contributed by atoms with E-state index in [1.807, 2.05) is 45.0 Å². The number of carbonyl (C=O) groups excluding carboxylic acids is 1. The summed E-state index contributed by atoms with van der Waals surface area (Å²) in [4.78, 5) is 12.1. The average molecular weight is 206 g/mol. The summed E-state index contributed by atoms with van der Waals surface area (Å²) in [6, 6.07) is 7.61. The number of benzene rings is 1. The Bertz CT molecular complexity index is 348. The van der Waals surface area contributed by atoms with Crippen molar-refractivity contribution < 1.29 is 9.53 Å². The van der Waals surface area contributed by atoms with Crippen molar-refractivity contribution in [2.24, 2.45) is 5.41 Å². The molecule has 0 fully saturated rings. The van der Waals surface area contributed by atoms with E-state index in [2.05, 4.69) is 0 Å². The van der Waals surface area contributed by atoms with Gasteiger partial charge < -0.3 is 4.74 Å². The van der Waals surface area contributed by atoms with Crippen molar-refractivity contribution >= 4 is 5.78 Å². The number of ketones is 1. The molecule has 0 unspecified atom stereocenters. The van der Waals surface area contributed by atoms with Gasteiger partial charge in [-0.3, -0.25) is 4.79 Å². The normalized spacial score (nSPS) is 11.5. The Morgan fingerprint density at radius 3 is 2.40 bits per heavy atom. The maximum atomic E-state index is 12.1. The number of hydrogen-bond donors (Lipinski definition) is 0. The van der Waals surface area contributed by atoms with Gasteiger partial charge in [0, 0.05) is 18.1 Å². The number of Topliss-reactive ketones (excluding diaryl/α,β-unsaturated/α-hetero) is 1. The lowest BCUT2D eigenvalue weighted by atomic mass is 9.85. The van der Waals surface area contributed by atoms with Crippen LogP contribution in [-0.2, 0) is 11.3 Å². The molecule has 1 aromatic rings. The SMILES string of the molecule is COCc1ccccc1C(=O)C(C)(C)C. The lowest BCUT2D eigenvalue weighted by molar-refractivity contribution is 0.0853. The Labute approximate surface area is 91.3 Å². The molecule has 82 valence electrons. The zero-order valence-electron chi connectivity index (χ0n) is 9.83. The van der Waals surface area contributed by atoms with E-state index in [1.165, 1.54) is 0 Å². The Morgan fingerprint density at radius 1 is 1.27 bits per heavy atom. The Morgan fingerprint density at radius 2 is 1.87 bits per heavy atom. The largest absolute Gasteiger partial charge is 0.380 e. The lowest BCUT2D eigenvalue weighted by Gasteiger charge is -2.18. The molecule has 0 bridgehead atoms. The average Bonchev–Trinajstić information content (AvgIpc) is 2.17. The van der Waals surface area contributed by atoms with Gasteiger partial charge in [-0.25, -0.2) is 0 Å². The molecule has 15 heavy (non-hydrogen) atoms. The first kappa shape index (κ1) is 11.9. The van der Waals surface area contributed by atoms with Gasteiger partial charge in [-0.15, -0.1) is 0 Å². The van der Waals surface area contributed by atoms with Gasteiger partial charge in [0.05, 0.1) is 6.61 Å². The molecule has 1 aromatic carbocycles. The van der Waals surface area contributed by atoms with Crippen molar-refractivity contribution in [3.8, 4) is 0 Å². The molecule has 0 saturated heterocycles. The third-order valence-corrected chi connectivity index (χ3v) is 2.24. The smallest absolute Gasteiger partial charge is 0.168 e. The molecule has 0 N–H and O–H groups in total. The van der Waals surface area contributed by atoms with Crippen LogP contribution in [0.5, 0.6) is 0 Å². The van der Waals surface area contributed by atoms with Crippen molar-refractivity contribution in [1.29, 1.82) is 0 Å². The molecule has 0 aromatic heterocycles. The molecule has 1 rings (SSSR count). The molecule has 0 radical (unpaired) electrons. The van der Waals surface area contributed by atoms with E-state index in [4.69, 9.17) is 4.74 Å². The Hall–Kier alpha value is -1.15. The summed E-state index contributed by atoms with van der Waals surface area (Å²) in [5, 5.41) is 0. The van der Waals surface area contributed by atoms with Crippen LogP contribution in [0.2, 0.25) is 0 Å². The molecule has 0 atom stereocenters. The van der Waals surface area contributed by atoms with Crippen LogP contribution in [0.4, 0.5) is 0 Å². The van der Waals surface area contributed by atoms with E-state index in [9.17, 15) is 4.79 Å². The third kappa shape index (κ3) is 2.90. The quantitative estimate of drug-likeness (QED) is 0.710. The van der Waals surface area contributed by atoms with Crippen molar-refractivity contribution in [1.82, 2.24) is 0 Å². The van der Waals surface area contributed by atoms with Crippen LogP contribution in [0.1, 0.15) is 36.7 Å². The van der Waals surface area contributed by atoms with E-state index >= 15 is 0 Å². The first-order chi connectivity index (χ1) is 6.96. The van der Waals surface area contributed by atoms with Crippen molar-refractivity contribution in [3.05, 3.63) is 35.4 Å². The lowest BCUT2D eigenvalue weighted by Crippen LogP contribution is -2.21.